The molecule has 0 aromatic carbocycles. The largest absolute Gasteiger partial charge is 0.343 e. The molecular formula is C6H12N4O. The maximum atomic E-state index is 11.0. The summed E-state index contributed by atoms with van der Waals surface area (Å²) in [4.78, 5) is 15.0. The molecule has 1 amide bonds. The Hall–Kier alpha value is -1.22. The van der Waals surface area contributed by atoms with Crippen LogP contribution in [0, 0.1) is 0 Å². The van der Waals surface area contributed by atoms with Crippen molar-refractivity contribution in [2.45, 2.75) is 19.9 Å². The topological polar surface area (TPSA) is 69.1 Å². The van der Waals surface area contributed by atoms with Crippen molar-refractivity contribution in [3.8, 4) is 0 Å². The summed E-state index contributed by atoms with van der Waals surface area (Å²) < 4.78 is 0. The van der Waals surface area contributed by atoms with E-state index >= 15 is 0 Å². The maximum Gasteiger partial charge on any atom is 0.228 e. The number of nitrogens with zero attached hydrogens (tertiary/aromatic N) is 4. The van der Waals surface area contributed by atoms with Crippen LogP contribution in [0.1, 0.15) is 13.8 Å². The first-order valence-electron chi connectivity index (χ1n) is 3.36. The van der Waals surface area contributed by atoms with E-state index in [-0.39, 0.29) is 18.5 Å². The van der Waals surface area contributed by atoms with Gasteiger partial charge in [0.2, 0.25) is 5.91 Å². The van der Waals surface area contributed by atoms with E-state index in [0.717, 1.165) is 0 Å². The summed E-state index contributed by atoms with van der Waals surface area (Å²) in [6, 6.07) is 0.149. The lowest BCUT2D eigenvalue weighted by atomic mass is 10.3. The lowest BCUT2D eigenvalue weighted by molar-refractivity contribution is -0.129. The number of amides is 1. The normalized spacial score (nSPS) is 9.09. The number of rotatable bonds is 3. The van der Waals surface area contributed by atoms with Crippen LogP contribution in [0.5, 0.6) is 0 Å². The second-order valence-corrected chi connectivity index (χ2v) is 2.49. The molecule has 0 aliphatic heterocycles. The third-order valence-electron chi connectivity index (χ3n) is 1.44. The van der Waals surface area contributed by atoms with Crippen LogP contribution in [0.3, 0.4) is 0 Å². The highest BCUT2D eigenvalue weighted by Gasteiger charge is 2.09. The van der Waals surface area contributed by atoms with E-state index in [2.05, 4.69) is 10.0 Å². The number of azide groups is 1. The van der Waals surface area contributed by atoms with Gasteiger partial charge in [0.25, 0.3) is 0 Å². The van der Waals surface area contributed by atoms with Crippen molar-refractivity contribution in [1.29, 1.82) is 0 Å². The highest BCUT2D eigenvalue weighted by atomic mass is 16.2. The van der Waals surface area contributed by atoms with Crippen LogP contribution in [0.25, 0.3) is 10.4 Å². The Kier molecular flexibility index (Phi) is 4.07. The van der Waals surface area contributed by atoms with Gasteiger partial charge < -0.3 is 4.90 Å². The lowest BCUT2D eigenvalue weighted by Gasteiger charge is -2.20. The highest BCUT2D eigenvalue weighted by Crippen LogP contribution is 1.94. The van der Waals surface area contributed by atoms with Crippen molar-refractivity contribution in [3.63, 3.8) is 0 Å². The summed E-state index contributed by atoms with van der Waals surface area (Å²) in [7, 11) is 1.68. The fraction of sp³-hybridized carbons (Fsp3) is 0.833. The molecule has 0 atom stereocenters. The smallest absolute Gasteiger partial charge is 0.228 e. The molecule has 0 unspecified atom stereocenters. The molecule has 5 nitrogen and oxygen atoms in total. The molecule has 0 aromatic rings. The van der Waals surface area contributed by atoms with E-state index in [1.807, 2.05) is 13.8 Å². The molecule has 0 heterocycles. The predicted octanol–water partition coefficient (Wildman–Crippen LogP) is 1.16. The first-order chi connectivity index (χ1) is 5.09. The Bertz CT molecular complexity index is 183. The van der Waals surface area contributed by atoms with E-state index in [9.17, 15) is 4.79 Å². The second kappa shape index (κ2) is 4.57. The Balaban J connectivity index is 3.92. The lowest BCUT2D eigenvalue weighted by Crippen LogP contribution is -2.34. The number of hydrogen-bond acceptors (Lipinski definition) is 2. The van der Waals surface area contributed by atoms with Crippen LogP contribution in [0.15, 0.2) is 5.11 Å². The fourth-order valence-electron chi connectivity index (χ4n) is 0.492. The molecule has 0 rings (SSSR count). The van der Waals surface area contributed by atoms with Gasteiger partial charge >= 0.3 is 0 Å². The maximum absolute atomic E-state index is 11.0. The van der Waals surface area contributed by atoms with Crippen LogP contribution >= 0.6 is 0 Å². The van der Waals surface area contributed by atoms with Crippen molar-refractivity contribution in [2.24, 2.45) is 5.11 Å². The van der Waals surface area contributed by atoms with Crippen LogP contribution in [-0.2, 0) is 4.79 Å². The van der Waals surface area contributed by atoms with Crippen molar-refractivity contribution < 1.29 is 4.79 Å². The van der Waals surface area contributed by atoms with Gasteiger partial charge in [-0.1, -0.05) is 5.11 Å². The van der Waals surface area contributed by atoms with Crippen molar-refractivity contribution in [1.82, 2.24) is 4.90 Å². The van der Waals surface area contributed by atoms with Gasteiger partial charge in [0.1, 0.15) is 6.54 Å². The molecule has 0 fully saturated rings. The molecule has 11 heavy (non-hydrogen) atoms. The van der Waals surface area contributed by atoms with Gasteiger partial charge in [-0.25, -0.2) is 0 Å². The fourth-order valence-corrected chi connectivity index (χ4v) is 0.492. The number of hydrogen-bond donors (Lipinski definition) is 0. The summed E-state index contributed by atoms with van der Waals surface area (Å²) in [5, 5.41) is 3.16. The van der Waals surface area contributed by atoms with Crippen LogP contribution < -0.4 is 0 Å². The van der Waals surface area contributed by atoms with E-state index in [0.29, 0.717) is 0 Å². The first-order valence-corrected chi connectivity index (χ1v) is 3.36. The average molecular weight is 156 g/mol. The molecule has 0 aliphatic carbocycles. The Labute approximate surface area is 65.6 Å². The van der Waals surface area contributed by atoms with Gasteiger partial charge in [-0.2, -0.15) is 0 Å². The molecule has 0 saturated heterocycles. The van der Waals surface area contributed by atoms with Crippen molar-refractivity contribution >= 4 is 5.91 Å². The van der Waals surface area contributed by atoms with Gasteiger partial charge in [0.05, 0.1) is 0 Å². The number of carbonyl (C=O) groups is 1. The van der Waals surface area contributed by atoms with Crippen LogP contribution in [0.2, 0.25) is 0 Å². The monoisotopic (exact) mass is 156 g/mol. The second-order valence-electron chi connectivity index (χ2n) is 2.49. The molecule has 5 heteroatoms. The highest BCUT2D eigenvalue weighted by molar-refractivity contribution is 5.78. The van der Waals surface area contributed by atoms with Crippen LogP contribution in [0.4, 0.5) is 0 Å². The third kappa shape index (κ3) is 3.47. The quantitative estimate of drug-likeness (QED) is 0.343. The van der Waals surface area contributed by atoms with E-state index < -0.39 is 0 Å². The van der Waals surface area contributed by atoms with E-state index in [1.54, 1.807) is 7.05 Å². The molecule has 0 radical (unpaired) electrons. The zero-order chi connectivity index (χ0) is 8.85. The summed E-state index contributed by atoms with van der Waals surface area (Å²) in [6.07, 6.45) is 0. The minimum Gasteiger partial charge on any atom is -0.343 e. The number of likely N-dealkylation sites (N-methyl/N-ethyl adjacent to an activating group) is 1. The van der Waals surface area contributed by atoms with Crippen molar-refractivity contribution in [2.75, 3.05) is 13.6 Å². The first kappa shape index (κ1) is 9.78. The van der Waals surface area contributed by atoms with Gasteiger partial charge in [-0.15, -0.1) is 0 Å². The van der Waals surface area contributed by atoms with Crippen molar-refractivity contribution in [3.05, 3.63) is 10.4 Å². The summed E-state index contributed by atoms with van der Waals surface area (Å²) in [6.45, 7) is 3.70. The van der Waals surface area contributed by atoms with Gasteiger partial charge in [-0.05, 0) is 19.4 Å². The molecule has 0 N–H and O–H groups in total. The van der Waals surface area contributed by atoms with Gasteiger partial charge in [-0.3, -0.25) is 4.79 Å². The zero-order valence-electron chi connectivity index (χ0n) is 6.98. The van der Waals surface area contributed by atoms with E-state index in [1.165, 1.54) is 4.90 Å². The zero-order valence-corrected chi connectivity index (χ0v) is 6.98. The minimum absolute atomic E-state index is 0.0921. The Morgan fingerprint density at radius 3 is 2.64 bits per heavy atom. The molecule has 0 spiro atoms. The molecule has 0 saturated carbocycles. The molecule has 0 aliphatic rings. The SMILES string of the molecule is CC(C)N(C)C(=O)CN=[N+]=[N-]. The average Bonchev–Trinajstić information content (AvgIpc) is 1.98. The third-order valence-corrected chi connectivity index (χ3v) is 1.44. The molecule has 0 bridgehead atoms. The Morgan fingerprint density at radius 2 is 2.27 bits per heavy atom. The van der Waals surface area contributed by atoms with Gasteiger partial charge in [0.15, 0.2) is 0 Å². The van der Waals surface area contributed by atoms with Gasteiger partial charge in [0, 0.05) is 18.0 Å². The standard InChI is InChI=1S/C6H12N4O/c1-5(2)10(3)6(11)4-8-9-7/h5H,4H2,1-3H3. The molecule has 0 aromatic heterocycles. The number of carbonyl (C=O) groups excluding carboxylic acids is 1. The summed E-state index contributed by atoms with van der Waals surface area (Å²) in [5.74, 6) is -0.155. The van der Waals surface area contributed by atoms with E-state index in [4.69, 9.17) is 5.53 Å². The Morgan fingerprint density at radius 1 is 1.73 bits per heavy atom. The predicted molar refractivity (Wildman–Crippen MR) is 41.9 cm³/mol. The summed E-state index contributed by atoms with van der Waals surface area (Å²) in [5.41, 5.74) is 7.92. The molecular weight excluding hydrogens is 144 g/mol. The molecule has 62 valence electrons. The van der Waals surface area contributed by atoms with Crippen LogP contribution in [-0.4, -0.2) is 30.4 Å². The summed E-state index contributed by atoms with van der Waals surface area (Å²) >= 11 is 0. The minimum atomic E-state index is -0.155.